The quantitative estimate of drug-likeness (QED) is 0.0897. The van der Waals surface area contributed by atoms with E-state index in [4.69, 9.17) is 34.4 Å². The summed E-state index contributed by atoms with van der Waals surface area (Å²) in [5.41, 5.74) is 55.1. The van der Waals surface area contributed by atoms with Crippen molar-refractivity contribution in [2.45, 2.75) is 128 Å². The highest BCUT2D eigenvalue weighted by Gasteiger charge is 1.99. The molecule has 0 aliphatic carbocycles. The average molecular weight is 825 g/mol. The summed E-state index contributed by atoms with van der Waals surface area (Å²) in [6, 6.07) is 40.0. The van der Waals surface area contributed by atoms with E-state index in [0.29, 0.717) is 39.3 Å². The van der Waals surface area contributed by atoms with Crippen molar-refractivity contribution in [2.24, 2.45) is 34.4 Å². The molecule has 0 unspecified atom stereocenters. The average Bonchev–Trinajstić information content (AvgIpc) is 3.27. The first-order valence-corrected chi connectivity index (χ1v) is 21.7. The second-order valence-corrected chi connectivity index (χ2v) is 15.6. The summed E-state index contributed by atoms with van der Waals surface area (Å²) >= 11 is 0. The Morgan fingerprint density at radius 3 is 1.13 bits per heavy atom. The van der Waals surface area contributed by atoms with Crippen LogP contribution in [0, 0.1) is 62.3 Å². The highest BCUT2D eigenvalue weighted by molar-refractivity contribution is 5.34. The highest BCUT2D eigenvalue weighted by atomic mass is 14.5. The van der Waals surface area contributed by atoms with Gasteiger partial charge in [0.25, 0.3) is 0 Å². The third kappa shape index (κ3) is 20.0. The maximum Gasteiger partial charge on any atom is 0.0180 e. The van der Waals surface area contributed by atoms with E-state index in [-0.39, 0.29) is 0 Å². The third-order valence-corrected chi connectivity index (χ3v) is 10.9. The van der Waals surface area contributed by atoms with Crippen molar-refractivity contribution in [1.82, 2.24) is 0 Å². The maximum absolute atomic E-state index is 5.57. The van der Waals surface area contributed by atoms with Crippen LogP contribution in [0.5, 0.6) is 0 Å². The van der Waals surface area contributed by atoms with Gasteiger partial charge in [-0.3, -0.25) is 0 Å². The predicted molar refractivity (Wildman–Crippen MR) is 267 cm³/mol. The van der Waals surface area contributed by atoms with E-state index in [2.05, 4.69) is 173 Å². The maximum atomic E-state index is 5.57. The van der Waals surface area contributed by atoms with E-state index in [1.54, 1.807) is 0 Å². The fraction of sp³-hybridized carbons (Fsp3) is 0.345. The van der Waals surface area contributed by atoms with Crippen LogP contribution in [0.2, 0.25) is 0 Å². The Bertz CT molecular complexity index is 2150. The van der Waals surface area contributed by atoms with Crippen LogP contribution in [-0.2, 0) is 52.1 Å². The molecule has 0 atom stereocenters. The number of hydrogen-bond acceptors (Lipinski definition) is 6. The Morgan fingerprint density at radius 2 is 0.672 bits per heavy atom. The molecular weight excluding hydrogens is 745 g/mol. The lowest BCUT2D eigenvalue weighted by Crippen LogP contribution is -1.99. The molecule has 0 bridgehead atoms. The second-order valence-electron chi connectivity index (χ2n) is 15.6. The summed E-state index contributed by atoms with van der Waals surface area (Å²) in [6.45, 7) is 27.1. The topological polar surface area (TPSA) is 156 Å². The summed E-state index contributed by atoms with van der Waals surface area (Å²) < 4.78 is 0. The zero-order valence-corrected chi connectivity index (χ0v) is 39.6. The molecule has 0 radical (unpaired) electrons. The lowest BCUT2D eigenvalue weighted by atomic mass is 10.0. The second kappa shape index (κ2) is 30.2. The van der Waals surface area contributed by atoms with Gasteiger partial charge >= 0.3 is 0 Å². The fourth-order valence-electron chi connectivity index (χ4n) is 6.34. The van der Waals surface area contributed by atoms with Gasteiger partial charge in [0.15, 0.2) is 0 Å². The summed E-state index contributed by atoms with van der Waals surface area (Å²) in [4.78, 5) is 0. The molecule has 0 amide bonds. The van der Waals surface area contributed by atoms with Crippen LogP contribution in [-0.4, -0.2) is 0 Å². The molecule has 6 rings (SSSR count). The normalized spacial score (nSPS) is 9.92. The highest BCUT2D eigenvalue weighted by Crippen LogP contribution is 2.13. The van der Waals surface area contributed by atoms with Crippen LogP contribution in [0.4, 0.5) is 0 Å². The van der Waals surface area contributed by atoms with Crippen molar-refractivity contribution in [1.29, 1.82) is 0 Å². The van der Waals surface area contributed by atoms with Gasteiger partial charge < -0.3 is 34.4 Å². The van der Waals surface area contributed by atoms with Crippen LogP contribution in [0.1, 0.15) is 108 Å². The minimum atomic E-state index is 0.645. The summed E-state index contributed by atoms with van der Waals surface area (Å²) in [7, 11) is 0. The molecule has 0 aromatic heterocycles. The Hall–Kier alpha value is -4.92. The fourth-order valence-corrected chi connectivity index (χ4v) is 6.34. The minimum Gasteiger partial charge on any atom is -0.326 e. The molecule has 6 aromatic rings. The summed E-state index contributed by atoms with van der Waals surface area (Å²) in [5.74, 6) is 0. The first kappa shape index (κ1) is 54.1. The molecule has 0 heterocycles. The van der Waals surface area contributed by atoms with E-state index < -0.39 is 0 Å². The van der Waals surface area contributed by atoms with Gasteiger partial charge in [-0.2, -0.15) is 0 Å². The molecule has 0 fully saturated rings. The minimum absolute atomic E-state index is 0.645. The molecule has 0 saturated carbocycles. The van der Waals surface area contributed by atoms with E-state index in [9.17, 15) is 0 Å². The Morgan fingerprint density at radius 1 is 0.295 bits per heavy atom. The van der Waals surface area contributed by atoms with Crippen molar-refractivity contribution >= 4 is 0 Å². The Labute approximate surface area is 371 Å². The molecular formula is C55H80N6. The Kier molecular flexibility index (Phi) is 26.7. The van der Waals surface area contributed by atoms with Crippen molar-refractivity contribution in [3.05, 3.63) is 210 Å². The molecule has 61 heavy (non-hydrogen) atoms. The molecule has 330 valence electrons. The third-order valence-electron chi connectivity index (χ3n) is 10.9. The molecule has 0 saturated heterocycles. The van der Waals surface area contributed by atoms with Crippen LogP contribution >= 0.6 is 0 Å². The van der Waals surface area contributed by atoms with Crippen molar-refractivity contribution < 1.29 is 0 Å². The van der Waals surface area contributed by atoms with Crippen LogP contribution < -0.4 is 34.4 Å². The van der Waals surface area contributed by atoms with Gasteiger partial charge in [-0.1, -0.05) is 140 Å². The van der Waals surface area contributed by atoms with Gasteiger partial charge in [0.2, 0.25) is 0 Å². The lowest BCUT2D eigenvalue weighted by Gasteiger charge is -2.04. The van der Waals surface area contributed by atoms with Crippen molar-refractivity contribution in [3.8, 4) is 0 Å². The van der Waals surface area contributed by atoms with Crippen molar-refractivity contribution in [2.75, 3.05) is 0 Å². The van der Waals surface area contributed by atoms with Gasteiger partial charge in [0.05, 0.1) is 0 Å². The smallest absolute Gasteiger partial charge is 0.0180 e. The van der Waals surface area contributed by atoms with Gasteiger partial charge in [-0.25, -0.2) is 0 Å². The summed E-state index contributed by atoms with van der Waals surface area (Å²) in [5, 5.41) is 0. The number of benzene rings is 6. The van der Waals surface area contributed by atoms with E-state index in [1.807, 2.05) is 18.2 Å². The van der Waals surface area contributed by atoms with Crippen LogP contribution in [0.15, 0.2) is 115 Å². The zero-order chi connectivity index (χ0) is 45.9. The zero-order valence-electron chi connectivity index (χ0n) is 39.6. The molecule has 12 N–H and O–H groups in total. The number of aryl methyl sites for hydroxylation is 10. The van der Waals surface area contributed by atoms with Gasteiger partial charge in [-0.05, 0) is 159 Å². The van der Waals surface area contributed by atoms with Gasteiger partial charge in [0.1, 0.15) is 0 Å². The van der Waals surface area contributed by atoms with Gasteiger partial charge in [-0.15, -0.1) is 0 Å². The van der Waals surface area contributed by atoms with Crippen molar-refractivity contribution in [3.63, 3.8) is 0 Å². The first-order chi connectivity index (χ1) is 29.1. The van der Waals surface area contributed by atoms with E-state index in [0.717, 1.165) is 12.8 Å². The number of rotatable bonds is 8. The first-order valence-electron chi connectivity index (χ1n) is 21.7. The lowest BCUT2D eigenvalue weighted by molar-refractivity contribution is 1.03. The molecule has 6 nitrogen and oxygen atoms in total. The molecule has 0 spiro atoms. The molecule has 6 heteroatoms. The Balaban J connectivity index is 0.000000366. The standard InChI is InChI=1S/2C10H15N.3C9H13N.C8H11N/c1-3-9-4-5-10(7-11)8(2)6-9;1-3-9-5-4-8(2)10(6-9)7-11;1-7-3-4-9(6-10)8(2)5-7;1-7-3-4-8(2)9(5-7)6-10;1-7-4-3-5-9(6-10)8(7)2;1-7-4-2-3-5-8(7)6-9/h2*4-6H,3,7,11H2,1-2H3;3*3-5H,6,10H2,1-2H3;2-5H,6,9H2,1H3. The molecule has 0 aliphatic heterocycles. The molecule has 0 aliphatic rings. The van der Waals surface area contributed by atoms with Crippen LogP contribution in [0.3, 0.4) is 0 Å². The SMILES string of the molecule is CCc1ccc(C)c(CN)c1.CCc1ccc(CN)c(C)c1.Cc1ccc(C)c(CN)c1.Cc1ccc(CN)c(C)c1.Cc1cccc(CN)c1C.Cc1ccccc1CN. The largest absolute Gasteiger partial charge is 0.326 e. The summed E-state index contributed by atoms with van der Waals surface area (Å²) in [6.07, 6.45) is 2.19. The van der Waals surface area contributed by atoms with E-state index >= 15 is 0 Å². The van der Waals surface area contributed by atoms with Gasteiger partial charge in [0, 0.05) is 39.3 Å². The van der Waals surface area contributed by atoms with Crippen LogP contribution in [0.25, 0.3) is 0 Å². The number of nitrogens with two attached hydrogens (primary N) is 6. The molecule has 6 aromatic carbocycles. The predicted octanol–water partition coefficient (Wildman–Crippen LogP) is 10.8. The number of hydrogen-bond donors (Lipinski definition) is 6. The van der Waals surface area contributed by atoms with E-state index in [1.165, 1.54) is 94.6 Å². The monoisotopic (exact) mass is 825 g/mol.